The number of carbonyl (C=O) groups is 2. The summed E-state index contributed by atoms with van der Waals surface area (Å²) in [5.74, 6) is -0.688. The first-order valence-electron chi connectivity index (χ1n) is 7.89. The zero-order valence-corrected chi connectivity index (χ0v) is 13.8. The van der Waals surface area contributed by atoms with Crippen LogP contribution in [0.5, 0.6) is 0 Å². The highest BCUT2D eigenvalue weighted by molar-refractivity contribution is 6.01. The van der Waals surface area contributed by atoms with Gasteiger partial charge in [-0.2, -0.15) is 0 Å². The SMILES string of the molecule is CC(=O)N1c2ccccc2C(C)(c2ccc(N)cc2)CC1C(N)=O. The van der Waals surface area contributed by atoms with Crippen LogP contribution in [0.15, 0.2) is 48.5 Å². The lowest BCUT2D eigenvalue weighted by Crippen LogP contribution is -2.54. The lowest BCUT2D eigenvalue weighted by molar-refractivity contribution is -0.124. The molecule has 5 heteroatoms. The van der Waals surface area contributed by atoms with E-state index in [1.54, 1.807) is 0 Å². The van der Waals surface area contributed by atoms with E-state index >= 15 is 0 Å². The molecule has 5 nitrogen and oxygen atoms in total. The highest BCUT2D eigenvalue weighted by Gasteiger charge is 2.44. The number of hydrogen-bond acceptors (Lipinski definition) is 3. The van der Waals surface area contributed by atoms with Gasteiger partial charge in [-0.3, -0.25) is 14.5 Å². The number of para-hydroxylation sites is 1. The van der Waals surface area contributed by atoms with Crippen molar-refractivity contribution in [1.82, 2.24) is 0 Å². The van der Waals surface area contributed by atoms with Crippen LogP contribution < -0.4 is 16.4 Å². The topological polar surface area (TPSA) is 89.4 Å². The molecule has 24 heavy (non-hydrogen) atoms. The molecule has 2 atom stereocenters. The molecule has 0 spiro atoms. The van der Waals surface area contributed by atoms with Crippen molar-refractivity contribution in [2.24, 2.45) is 5.73 Å². The molecule has 0 radical (unpaired) electrons. The average molecular weight is 323 g/mol. The Morgan fingerprint density at radius 3 is 2.33 bits per heavy atom. The minimum absolute atomic E-state index is 0.189. The lowest BCUT2D eigenvalue weighted by atomic mass is 9.68. The summed E-state index contributed by atoms with van der Waals surface area (Å²) in [6, 6.07) is 14.6. The molecule has 2 amide bonds. The largest absolute Gasteiger partial charge is 0.399 e. The Bertz CT molecular complexity index is 801. The van der Waals surface area contributed by atoms with Gasteiger partial charge in [-0.15, -0.1) is 0 Å². The number of carbonyl (C=O) groups excluding carboxylic acids is 2. The van der Waals surface area contributed by atoms with E-state index < -0.39 is 17.4 Å². The molecule has 2 unspecified atom stereocenters. The molecule has 0 aromatic heterocycles. The first kappa shape index (κ1) is 16.1. The summed E-state index contributed by atoms with van der Waals surface area (Å²) >= 11 is 0. The maximum Gasteiger partial charge on any atom is 0.240 e. The van der Waals surface area contributed by atoms with Crippen LogP contribution in [0.1, 0.15) is 31.4 Å². The summed E-state index contributed by atoms with van der Waals surface area (Å²) in [5, 5.41) is 0. The minimum Gasteiger partial charge on any atom is -0.399 e. The molecule has 2 aromatic rings. The lowest BCUT2D eigenvalue weighted by Gasteiger charge is -2.45. The molecule has 1 aliphatic rings. The zero-order chi connectivity index (χ0) is 17.5. The Balaban J connectivity index is 2.24. The van der Waals surface area contributed by atoms with Gasteiger partial charge < -0.3 is 11.5 Å². The van der Waals surface area contributed by atoms with Crippen LogP contribution in [0.4, 0.5) is 11.4 Å². The first-order chi connectivity index (χ1) is 11.3. The van der Waals surface area contributed by atoms with Gasteiger partial charge >= 0.3 is 0 Å². The summed E-state index contributed by atoms with van der Waals surface area (Å²) in [4.78, 5) is 25.7. The fraction of sp³-hybridized carbons (Fsp3) is 0.263. The summed E-state index contributed by atoms with van der Waals surface area (Å²) in [5.41, 5.74) is 14.5. The summed E-state index contributed by atoms with van der Waals surface area (Å²) in [6.07, 6.45) is 0.433. The van der Waals surface area contributed by atoms with Crippen LogP contribution in [0, 0.1) is 0 Å². The fourth-order valence-corrected chi connectivity index (χ4v) is 3.65. The number of hydrogen-bond donors (Lipinski definition) is 2. The van der Waals surface area contributed by atoms with Gasteiger partial charge in [0.1, 0.15) is 6.04 Å². The van der Waals surface area contributed by atoms with Gasteiger partial charge in [0.25, 0.3) is 0 Å². The van der Waals surface area contributed by atoms with E-state index in [0.717, 1.165) is 16.8 Å². The normalized spacial score (nSPS) is 22.8. The third-order valence-corrected chi connectivity index (χ3v) is 4.89. The fourth-order valence-electron chi connectivity index (χ4n) is 3.65. The second kappa shape index (κ2) is 5.67. The van der Waals surface area contributed by atoms with E-state index in [4.69, 9.17) is 11.5 Å². The third kappa shape index (κ3) is 2.42. The maximum atomic E-state index is 12.2. The van der Waals surface area contributed by atoms with E-state index in [1.807, 2.05) is 48.5 Å². The van der Waals surface area contributed by atoms with Crippen molar-refractivity contribution in [3.8, 4) is 0 Å². The molecular weight excluding hydrogens is 302 g/mol. The van der Waals surface area contributed by atoms with Crippen molar-refractivity contribution in [2.45, 2.75) is 31.7 Å². The van der Waals surface area contributed by atoms with Crippen molar-refractivity contribution >= 4 is 23.2 Å². The number of nitrogens with two attached hydrogens (primary N) is 2. The van der Waals surface area contributed by atoms with E-state index in [2.05, 4.69) is 6.92 Å². The van der Waals surface area contributed by atoms with Crippen LogP contribution in [-0.2, 0) is 15.0 Å². The van der Waals surface area contributed by atoms with Gasteiger partial charge in [0.2, 0.25) is 11.8 Å². The van der Waals surface area contributed by atoms with E-state index in [-0.39, 0.29) is 5.91 Å². The number of amides is 2. The molecule has 1 heterocycles. The van der Waals surface area contributed by atoms with E-state index in [0.29, 0.717) is 12.1 Å². The first-order valence-corrected chi connectivity index (χ1v) is 7.89. The molecule has 1 aliphatic heterocycles. The van der Waals surface area contributed by atoms with Crippen molar-refractivity contribution in [3.05, 3.63) is 59.7 Å². The van der Waals surface area contributed by atoms with Crippen molar-refractivity contribution in [2.75, 3.05) is 10.6 Å². The average Bonchev–Trinajstić information content (AvgIpc) is 2.54. The molecule has 4 N–H and O–H groups in total. The summed E-state index contributed by atoms with van der Waals surface area (Å²) < 4.78 is 0. The van der Waals surface area contributed by atoms with Crippen molar-refractivity contribution < 1.29 is 9.59 Å². The Kier molecular flexibility index (Phi) is 3.79. The highest BCUT2D eigenvalue weighted by atomic mass is 16.2. The molecule has 124 valence electrons. The molecule has 0 saturated heterocycles. The van der Waals surface area contributed by atoms with Crippen molar-refractivity contribution in [1.29, 1.82) is 0 Å². The smallest absolute Gasteiger partial charge is 0.240 e. The van der Waals surface area contributed by atoms with Gasteiger partial charge in [0.05, 0.1) is 0 Å². The van der Waals surface area contributed by atoms with Crippen LogP contribution >= 0.6 is 0 Å². The van der Waals surface area contributed by atoms with E-state index in [1.165, 1.54) is 11.8 Å². The number of nitrogen functional groups attached to an aromatic ring is 1. The van der Waals surface area contributed by atoms with Gasteiger partial charge in [-0.25, -0.2) is 0 Å². The Morgan fingerprint density at radius 2 is 1.75 bits per heavy atom. The molecule has 0 aliphatic carbocycles. The summed E-state index contributed by atoms with van der Waals surface area (Å²) in [7, 11) is 0. The molecule has 3 rings (SSSR count). The Hall–Kier alpha value is -2.82. The maximum absolute atomic E-state index is 12.2. The summed E-state index contributed by atoms with van der Waals surface area (Å²) in [6.45, 7) is 3.53. The van der Waals surface area contributed by atoms with Gasteiger partial charge in [-0.1, -0.05) is 37.3 Å². The molecule has 2 aromatic carbocycles. The number of nitrogens with zero attached hydrogens (tertiary/aromatic N) is 1. The standard InChI is InChI=1S/C19H21N3O2/c1-12(23)22-16-6-4-3-5-15(16)19(2,11-17(22)18(21)24)13-7-9-14(20)10-8-13/h3-10,17H,11,20H2,1-2H3,(H2,21,24). The number of rotatable bonds is 2. The van der Waals surface area contributed by atoms with Crippen LogP contribution in [0.3, 0.4) is 0 Å². The quantitative estimate of drug-likeness (QED) is 0.830. The van der Waals surface area contributed by atoms with Gasteiger partial charge in [0, 0.05) is 23.7 Å². The monoisotopic (exact) mass is 323 g/mol. The molecular formula is C19H21N3O2. The number of primary amides is 1. The zero-order valence-electron chi connectivity index (χ0n) is 13.8. The van der Waals surface area contributed by atoms with Crippen LogP contribution in [-0.4, -0.2) is 17.9 Å². The molecule has 0 bridgehead atoms. The highest BCUT2D eigenvalue weighted by Crippen LogP contribution is 2.46. The number of anilines is 2. The minimum atomic E-state index is -0.681. The van der Waals surface area contributed by atoms with Crippen molar-refractivity contribution in [3.63, 3.8) is 0 Å². The number of fused-ring (bicyclic) bond motifs is 1. The Morgan fingerprint density at radius 1 is 1.12 bits per heavy atom. The van der Waals surface area contributed by atoms with Crippen LogP contribution in [0.2, 0.25) is 0 Å². The van der Waals surface area contributed by atoms with Gasteiger partial charge in [-0.05, 0) is 35.7 Å². The second-order valence-corrected chi connectivity index (χ2v) is 6.48. The van der Waals surface area contributed by atoms with Gasteiger partial charge in [0.15, 0.2) is 0 Å². The molecule has 0 saturated carbocycles. The van der Waals surface area contributed by atoms with Crippen LogP contribution in [0.25, 0.3) is 0 Å². The predicted molar refractivity (Wildman–Crippen MR) is 94.5 cm³/mol. The second-order valence-electron chi connectivity index (χ2n) is 6.48. The number of benzene rings is 2. The Labute approximate surface area is 141 Å². The van der Waals surface area contributed by atoms with E-state index in [9.17, 15) is 9.59 Å². The third-order valence-electron chi connectivity index (χ3n) is 4.89. The predicted octanol–water partition coefficient (Wildman–Crippen LogP) is 2.19. The molecule has 0 fully saturated rings.